The van der Waals surface area contributed by atoms with E-state index in [-0.39, 0.29) is 5.91 Å². The number of aromatic nitrogens is 4. The number of hydrogen-bond donors (Lipinski definition) is 1. The number of H-pyrrole nitrogens is 1. The number of hydrogen-bond acceptors (Lipinski definition) is 3. The third kappa shape index (κ3) is 1.61. The monoisotopic (exact) mass is 245 g/mol. The van der Waals surface area contributed by atoms with E-state index < -0.39 is 0 Å². The average molecular weight is 245 g/mol. The first kappa shape index (κ1) is 11.0. The van der Waals surface area contributed by atoms with Gasteiger partial charge >= 0.3 is 0 Å². The van der Waals surface area contributed by atoms with Crippen molar-refractivity contribution >= 4 is 5.91 Å². The summed E-state index contributed by atoms with van der Waals surface area (Å²) in [5, 5.41) is 6.93. The molecule has 3 heterocycles. The molecule has 0 atom stereocenters. The van der Waals surface area contributed by atoms with Crippen LogP contribution >= 0.6 is 0 Å². The Morgan fingerprint density at radius 3 is 2.94 bits per heavy atom. The molecule has 1 aliphatic rings. The van der Waals surface area contributed by atoms with Crippen LogP contribution in [0.1, 0.15) is 27.6 Å². The fourth-order valence-electron chi connectivity index (χ4n) is 2.37. The Morgan fingerprint density at radius 2 is 2.22 bits per heavy atom. The van der Waals surface area contributed by atoms with Gasteiger partial charge < -0.3 is 9.47 Å². The normalized spacial score (nSPS) is 14.7. The van der Waals surface area contributed by atoms with E-state index in [4.69, 9.17) is 0 Å². The molecule has 0 radical (unpaired) electrons. The van der Waals surface area contributed by atoms with Gasteiger partial charge in [0.25, 0.3) is 5.91 Å². The molecule has 3 rings (SSSR count). The van der Waals surface area contributed by atoms with E-state index in [1.807, 2.05) is 24.9 Å². The molecule has 0 aliphatic carbocycles. The summed E-state index contributed by atoms with van der Waals surface area (Å²) in [6.07, 6.45) is 3.73. The van der Waals surface area contributed by atoms with Crippen molar-refractivity contribution in [3.8, 4) is 0 Å². The maximum atomic E-state index is 12.5. The average Bonchev–Trinajstić information content (AvgIpc) is 2.94. The van der Waals surface area contributed by atoms with E-state index in [1.165, 1.54) is 0 Å². The molecule has 1 N–H and O–H groups in total. The molecule has 2 aromatic rings. The first-order valence-electron chi connectivity index (χ1n) is 5.97. The van der Waals surface area contributed by atoms with Crippen molar-refractivity contribution in [1.29, 1.82) is 0 Å². The first-order chi connectivity index (χ1) is 8.66. The standard InChI is InChI=1S/C12H15N5O/c1-8-11(9(2)15-14-8)12(18)17-6-5-16-4-3-13-10(16)7-17/h3-4H,5-7H2,1-2H3,(H,14,15). The number of aryl methyl sites for hydroxylation is 2. The van der Waals surface area contributed by atoms with Gasteiger partial charge in [-0.1, -0.05) is 0 Å². The molecule has 0 bridgehead atoms. The smallest absolute Gasteiger partial charge is 0.258 e. The number of nitrogens with one attached hydrogen (secondary N) is 1. The number of carbonyl (C=O) groups is 1. The summed E-state index contributed by atoms with van der Waals surface area (Å²) in [4.78, 5) is 18.6. The lowest BCUT2D eigenvalue weighted by Crippen LogP contribution is -2.38. The zero-order chi connectivity index (χ0) is 12.7. The molecule has 0 unspecified atom stereocenters. The second-order valence-electron chi connectivity index (χ2n) is 4.57. The fraction of sp³-hybridized carbons (Fsp3) is 0.417. The first-order valence-corrected chi connectivity index (χ1v) is 5.97. The van der Waals surface area contributed by atoms with Crippen molar-refractivity contribution in [2.24, 2.45) is 0 Å². The van der Waals surface area contributed by atoms with Crippen LogP contribution in [0, 0.1) is 13.8 Å². The minimum atomic E-state index is 0.0352. The van der Waals surface area contributed by atoms with E-state index in [1.54, 1.807) is 6.20 Å². The molecule has 94 valence electrons. The summed E-state index contributed by atoms with van der Waals surface area (Å²) in [7, 11) is 0. The van der Waals surface area contributed by atoms with Crippen molar-refractivity contribution in [2.45, 2.75) is 26.9 Å². The predicted molar refractivity (Wildman–Crippen MR) is 65.0 cm³/mol. The molecule has 1 amide bonds. The summed E-state index contributed by atoms with van der Waals surface area (Å²) in [6.45, 7) is 5.80. The van der Waals surface area contributed by atoms with Gasteiger partial charge in [0.05, 0.1) is 17.8 Å². The summed E-state index contributed by atoms with van der Waals surface area (Å²) in [5.41, 5.74) is 2.27. The van der Waals surface area contributed by atoms with Gasteiger partial charge in [-0.2, -0.15) is 5.10 Å². The molecule has 0 spiro atoms. The molecule has 2 aromatic heterocycles. The Balaban J connectivity index is 1.87. The zero-order valence-corrected chi connectivity index (χ0v) is 10.5. The lowest BCUT2D eigenvalue weighted by molar-refractivity contribution is 0.0706. The molecule has 0 saturated carbocycles. The van der Waals surface area contributed by atoms with Crippen molar-refractivity contribution < 1.29 is 4.79 Å². The number of rotatable bonds is 1. The van der Waals surface area contributed by atoms with Crippen LogP contribution in [0.15, 0.2) is 12.4 Å². The molecule has 18 heavy (non-hydrogen) atoms. The summed E-state index contributed by atoms with van der Waals surface area (Å²) < 4.78 is 2.08. The van der Waals surface area contributed by atoms with E-state index in [9.17, 15) is 4.79 Å². The Morgan fingerprint density at radius 1 is 1.39 bits per heavy atom. The highest BCUT2D eigenvalue weighted by Crippen LogP contribution is 2.17. The highest BCUT2D eigenvalue weighted by Gasteiger charge is 2.25. The molecular formula is C12H15N5O. The van der Waals surface area contributed by atoms with Crippen molar-refractivity contribution in [1.82, 2.24) is 24.6 Å². The fourth-order valence-corrected chi connectivity index (χ4v) is 2.37. The summed E-state index contributed by atoms with van der Waals surface area (Å²) in [6, 6.07) is 0. The van der Waals surface area contributed by atoms with Gasteiger partial charge in [0.15, 0.2) is 0 Å². The van der Waals surface area contributed by atoms with Gasteiger partial charge in [0.1, 0.15) is 5.82 Å². The van der Waals surface area contributed by atoms with Crippen LogP contribution in [0.25, 0.3) is 0 Å². The Labute approximate surface area is 105 Å². The van der Waals surface area contributed by atoms with Gasteiger partial charge in [-0.3, -0.25) is 9.89 Å². The van der Waals surface area contributed by atoms with Crippen molar-refractivity contribution in [3.63, 3.8) is 0 Å². The van der Waals surface area contributed by atoms with Crippen LogP contribution < -0.4 is 0 Å². The Kier molecular flexibility index (Phi) is 2.43. The maximum absolute atomic E-state index is 12.5. The zero-order valence-electron chi connectivity index (χ0n) is 10.5. The highest BCUT2D eigenvalue weighted by molar-refractivity contribution is 5.96. The number of carbonyl (C=O) groups excluding carboxylic acids is 1. The molecule has 0 aromatic carbocycles. The SMILES string of the molecule is Cc1n[nH]c(C)c1C(=O)N1CCn2ccnc2C1. The van der Waals surface area contributed by atoms with Gasteiger partial charge in [-0.25, -0.2) is 4.98 Å². The Hall–Kier alpha value is -2.11. The topological polar surface area (TPSA) is 66.8 Å². The van der Waals surface area contributed by atoms with Crippen LogP contribution in [-0.2, 0) is 13.1 Å². The largest absolute Gasteiger partial charge is 0.332 e. The van der Waals surface area contributed by atoms with Crippen LogP contribution in [-0.4, -0.2) is 37.1 Å². The predicted octanol–water partition coefficient (Wildman–Crippen LogP) is 0.879. The van der Waals surface area contributed by atoms with Crippen LogP contribution in [0.5, 0.6) is 0 Å². The van der Waals surface area contributed by atoms with E-state index in [2.05, 4.69) is 19.7 Å². The van der Waals surface area contributed by atoms with E-state index in [0.717, 1.165) is 23.8 Å². The third-order valence-electron chi connectivity index (χ3n) is 3.37. The minimum absolute atomic E-state index is 0.0352. The van der Waals surface area contributed by atoms with Gasteiger partial charge in [0.2, 0.25) is 0 Å². The maximum Gasteiger partial charge on any atom is 0.258 e. The van der Waals surface area contributed by atoms with E-state index >= 15 is 0 Å². The molecular weight excluding hydrogens is 230 g/mol. The number of nitrogens with zero attached hydrogens (tertiary/aromatic N) is 4. The lowest BCUT2D eigenvalue weighted by Gasteiger charge is -2.27. The number of aromatic amines is 1. The van der Waals surface area contributed by atoms with Gasteiger partial charge in [-0.15, -0.1) is 0 Å². The Bertz CT molecular complexity index is 578. The number of imidazole rings is 1. The third-order valence-corrected chi connectivity index (χ3v) is 3.37. The van der Waals surface area contributed by atoms with Crippen molar-refractivity contribution in [3.05, 3.63) is 35.2 Å². The minimum Gasteiger partial charge on any atom is -0.332 e. The van der Waals surface area contributed by atoms with E-state index in [0.29, 0.717) is 18.7 Å². The number of fused-ring (bicyclic) bond motifs is 1. The molecule has 0 saturated heterocycles. The second-order valence-corrected chi connectivity index (χ2v) is 4.57. The number of amides is 1. The van der Waals surface area contributed by atoms with Crippen LogP contribution in [0.2, 0.25) is 0 Å². The highest BCUT2D eigenvalue weighted by atomic mass is 16.2. The van der Waals surface area contributed by atoms with Crippen LogP contribution in [0.4, 0.5) is 0 Å². The second kappa shape index (κ2) is 3.97. The quantitative estimate of drug-likeness (QED) is 0.811. The molecule has 6 heteroatoms. The van der Waals surface area contributed by atoms with Gasteiger partial charge in [-0.05, 0) is 13.8 Å². The molecule has 0 fully saturated rings. The van der Waals surface area contributed by atoms with Gasteiger partial charge in [0, 0.05) is 31.2 Å². The molecule has 6 nitrogen and oxygen atoms in total. The molecule has 1 aliphatic heterocycles. The lowest BCUT2D eigenvalue weighted by atomic mass is 10.1. The van der Waals surface area contributed by atoms with Crippen LogP contribution in [0.3, 0.4) is 0 Å². The summed E-state index contributed by atoms with van der Waals surface area (Å²) >= 11 is 0. The summed E-state index contributed by atoms with van der Waals surface area (Å²) in [5.74, 6) is 0.974. The van der Waals surface area contributed by atoms with Crippen molar-refractivity contribution in [2.75, 3.05) is 6.54 Å².